The van der Waals surface area contributed by atoms with Gasteiger partial charge in [0.1, 0.15) is 0 Å². The van der Waals surface area contributed by atoms with Crippen LogP contribution in [0.1, 0.15) is 19.4 Å². The number of pyridine rings is 1. The fourth-order valence-electron chi connectivity index (χ4n) is 1.48. The summed E-state index contributed by atoms with van der Waals surface area (Å²) in [5.74, 6) is 0. The number of carbonyl (C=O) groups is 1. The summed E-state index contributed by atoms with van der Waals surface area (Å²) in [6.07, 6.45) is 4.42. The van der Waals surface area contributed by atoms with Gasteiger partial charge < -0.3 is 10.2 Å². The summed E-state index contributed by atoms with van der Waals surface area (Å²) in [6.45, 7) is 6.06. The number of hydrogen-bond donors (Lipinski definition) is 1. The zero-order valence-electron chi connectivity index (χ0n) is 9.94. The second kappa shape index (κ2) is 6.82. The summed E-state index contributed by atoms with van der Waals surface area (Å²) < 4.78 is 0. The molecule has 0 saturated heterocycles. The van der Waals surface area contributed by atoms with Crippen molar-refractivity contribution in [2.24, 2.45) is 0 Å². The molecule has 1 heterocycles. The standard InChI is InChI=1S/C12H19N3O/c1-3-14-12(16)15(4-2)10-7-11-5-8-13-9-6-11/h5-6,8-9H,3-4,7,10H2,1-2H3,(H,14,16). The highest BCUT2D eigenvalue weighted by atomic mass is 16.2. The van der Waals surface area contributed by atoms with Crippen LogP contribution in [-0.4, -0.2) is 35.5 Å². The van der Waals surface area contributed by atoms with Gasteiger partial charge in [-0.3, -0.25) is 4.98 Å². The summed E-state index contributed by atoms with van der Waals surface area (Å²) >= 11 is 0. The summed E-state index contributed by atoms with van der Waals surface area (Å²) in [7, 11) is 0. The van der Waals surface area contributed by atoms with Crippen molar-refractivity contribution in [2.45, 2.75) is 20.3 Å². The number of nitrogens with one attached hydrogen (secondary N) is 1. The lowest BCUT2D eigenvalue weighted by Crippen LogP contribution is -2.40. The second-order valence-corrected chi connectivity index (χ2v) is 3.52. The van der Waals surface area contributed by atoms with E-state index in [1.807, 2.05) is 30.9 Å². The van der Waals surface area contributed by atoms with Crippen LogP contribution in [0.2, 0.25) is 0 Å². The Morgan fingerprint density at radius 1 is 1.38 bits per heavy atom. The molecule has 1 aromatic heterocycles. The van der Waals surface area contributed by atoms with Crippen molar-refractivity contribution in [3.8, 4) is 0 Å². The molecule has 4 heteroatoms. The zero-order chi connectivity index (χ0) is 11.8. The van der Waals surface area contributed by atoms with Crippen LogP contribution < -0.4 is 5.32 Å². The van der Waals surface area contributed by atoms with Gasteiger partial charge in [0.05, 0.1) is 0 Å². The third kappa shape index (κ3) is 3.88. The lowest BCUT2D eigenvalue weighted by molar-refractivity contribution is 0.202. The molecule has 1 aromatic rings. The van der Waals surface area contributed by atoms with Crippen LogP contribution >= 0.6 is 0 Å². The molecule has 2 amide bonds. The van der Waals surface area contributed by atoms with Gasteiger partial charge in [0, 0.05) is 32.0 Å². The van der Waals surface area contributed by atoms with E-state index in [1.165, 1.54) is 5.56 Å². The fourth-order valence-corrected chi connectivity index (χ4v) is 1.48. The number of urea groups is 1. The van der Waals surface area contributed by atoms with Crippen molar-refractivity contribution in [3.05, 3.63) is 30.1 Å². The average Bonchev–Trinajstić information content (AvgIpc) is 2.31. The van der Waals surface area contributed by atoms with Gasteiger partial charge in [-0.25, -0.2) is 4.79 Å². The van der Waals surface area contributed by atoms with E-state index in [0.717, 1.165) is 19.5 Å². The highest BCUT2D eigenvalue weighted by molar-refractivity contribution is 5.74. The minimum Gasteiger partial charge on any atom is -0.338 e. The minimum atomic E-state index is 0.0130. The van der Waals surface area contributed by atoms with Crippen molar-refractivity contribution in [1.82, 2.24) is 15.2 Å². The van der Waals surface area contributed by atoms with E-state index in [2.05, 4.69) is 10.3 Å². The SMILES string of the molecule is CCNC(=O)N(CC)CCc1ccncc1. The Hall–Kier alpha value is -1.58. The van der Waals surface area contributed by atoms with Gasteiger partial charge in [0.2, 0.25) is 0 Å². The first-order valence-corrected chi connectivity index (χ1v) is 5.69. The molecular formula is C12H19N3O. The van der Waals surface area contributed by atoms with Gasteiger partial charge in [-0.2, -0.15) is 0 Å². The lowest BCUT2D eigenvalue weighted by atomic mass is 10.2. The predicted molar refractivity (Wildman–Crippen MR) is 64.3 cm³/mol. The van der Waals surface area contributed by atoms with Crippen molar-refractivity contribution in [3.63, 3.8) is 0 Å². The van der Waals surface area contributed by atoms with E-state index in [9.17, 15) is 4.79 Å². The molecule has 4 nitrogen and oxygen atoms in total. The number of nitrogens with zero attached hydrogens (tertiary/aromatic N) is 2. The molecule has 0 aromatic carbocycles. The maximum Gasteiger partial charge on any atom is 0.317 e. The molecule has 0 aliphatic heterocycles. The quantitative estimate of drug-likeness (QED) is 0.822. The molecule has 0 radical (unpaired) electrons. The second-order valence-electron chi connectivity index (χ2n) is 3.52. The number of rotatable bonds is 5. The zero-order valence-corrected chi connectivity index (χ0v) is 9.94. The monoisotopic (exact) mass is 221 g/mol. The van der Waals surface area contributed by atoms with Gasteiger partial charge >= 0.3 is 6.03 Å². The molecule has 0 fully saturated rings. The van der Waals surface area contributed by atoms with Crippen LogP contribution in [0.5, 0.6) is 0 Å². The lowest BCUT2D eigenvalue weighted by Gasteiger charge is -2.20. The smallest absolute Gasteiger partial charge is 0.317 e. The van der Waals surface area contributed by atoms with Gasteiger partial charge in [-0.15, -0.1) is 0 Å². The van der Waals surface area contributed by atoms with E-state index < -0.39 is 0 Å². The molecule has 0 bridgehead atoms. The molecule has 0 unspecified atom stereocenters. The van der Waals surface area contributed by atoms with E-state index >= 15 is 0 Å². The molecule has 1 rings (SSSR count). The van der Waals surface area contributed by atoms with Crippen LogP contribution in [0, 0.1) is 0 Å². The predicted octanol–water partition coefficient (Wildman–Crippen LogP) is 1.68. The van der Waals surface area contributed by atoms with E-state index in [0.29, 0.717) is 6.54 Å². The fraction of sp³-hybridized carbons (Fsp3) is 0.500. The number of amides is 2. The van der Waals surface area contributed by atoms with Gasteiger partial charge in [-0.1, -0.05) is 0 Å². The number of hydrogen-bond acceptors (Lipinski definition) is 2. The van der Waals surface area contributed by atoms with E-state index in [4.69, 9.17) is 0 Å². The molecule has 0 atom stereocenters. The third-order valence-electron chi connectivity index (χ3n) is 2.42. The summed E-state index contributed by atoms with van der Waals surface area (Å²) in [6, 6.07) is 3.97. The molecule has 88 valence electrons. The molecule has 1 N–H and O–H groups in total. The first kappa shape index (κ1) is 12.5. The van der Waals surface area contributed by atoms with Crippen molar-refractivity contribution in [2.75, 3.05) is 19.6 Å². The maximum atomic E-state index is 11.6. The minimum absolute atomic E-state index is 0.0130. The van der Waals surface area contributed by atoms with Crippen LogP contribution in [0.15, 0.2) is 24.5 Å². The number of aromatic nitrogens is 1. The molecule has 0 saturated carbocycles. The van der Waals surface area contributed by atoms with Gasteiger partial charge in [-0.05, 0) is 38.0 Å². The normalized spacial score (nSPS) is 9.88. The molecular weight excluding hydrogens is 202 g/mol. The first-order valence-electron chi connectivity index (χ1n) is 5.69. The molecule has 16 heavy (non-hydrogen) atoms. The Balaban J connectivity index is 2.43. The Labute approximate surface area is 96.7 Å². The molecule has 0 spiro atoms. The Morgan fingerprint density at radius 2 is 2.06 bits per heavy atom. The van der Waals surface area contributed by atoms with E-state index in [-0.39, 0.29) is 6.03 Å². The Morgan fingerprint density at radius 3 is 2.62 bits per heavy atom. The van der Waals surface area contributed by atoms with Crippen LogP contribution in [0.3, 0.4) is 0 Å². The van der Waals surface area contributed by atoms with Crippen LogP contribution in [0.4, 0.5) is 4.79 Å². The largest absolute Gasteiger partial charge is 0.338 e. The first-order chi connectivity index (χ1) is 7.77. The average molecular weight is 221 g/mol. The van der Waals surface area contributed by atoms with Gasteiger partial charge in [0.15, 0.2) is 0 Å². The third-order valence-corrected chi connectivity index (χ3v) is 2.42. The highest BCUT2D eigenvalue weighted by Gasteiger charge is 2.09. The highest BCUT2D eigenvalue weighted by Crippen LogP contribution is 2.00. The summed E-state index contributed by atoms with van der Waals surface area (Å²) in [5, 5.41) is 2.81. The molecule has 0 aliphatic rings. The number of likely N-dealkylation sites (N-methyl/N-ethyl adjacent to an activating group) is 1. The topological polar surface area (TPSA) is 45.2 Å². The Bertz CT molecular complexity index is 313. The van der Waals surface area contributed by atoms with Gasteiger partial charge in [0.25, 0.3) is 0 Å². The Kier molecular flexibility index (Phi) is 5.32. The van der Waals surface area contributed by atoms with Crippen molar-refractivity contribution in [1.29, 1.82) is 0 Å². The van der Waals surface area contributed by atoms with Crippen molar-refractivity contribution < 1.29 is 4.79 Å². The number of carbonyl (C=O) groups excluding carboxylic acids is 1. The van der Waals surface area contributed by atoms with Crippen LogP contribution in [-0.2, 0) is 6.42 Å². The van der Waals surface area contributed by atoms with Crippen LogP contribution in [0.25, 0.3) is 0 Å². The maximum absolute atomic E-state index is 11.6. The summed E-state index contributed by atoms with van der Waals surface area (Å²) in [5.41, 5.74) is 1.21. The van der Waals surface area contributed by atoms with Crippen molar-refractivity contribution >= 4 is 6.03 Å². The molecule has 0 aliphatic carbocycles. The summed E-state index contributed by atoms with van der Waals surface area (Å²) in [4.78, 5) is 17.4. The van der Waals surface area contributed by atoms with E-state index in [1.54, 1.807) is 12.4 Å².